The van der Waals surface area contributed by atoms with Gasteiger partial charge in [0.25, 0.3) is 0 Å². The topological polar surface area (TPSA) is 57.5 Å². The smallest absolute Gasteiger partial charge is 0.313 e. The van der Waals surface area contributed by atoms with Crippen LogP contribution in [0.25, 0.3) is 0 Å². The lowest BCUT2D eigenvalue weighted by Crippen LogP contribution is -2.42. The van der Waals surface area contributed by atoms with Crippen molar-refractivity contribution in [3.05, 3.63) is 29.8 Å². The molecule has 1 fully saturated rings. The Morgan fingerprint density at radius 1 is 1.10 bits per heavy atom. The van der Waals surface area contributed by atoms with Gasteiger partial charge in [-0.2, -0.15) is 0 Å². The lowest BCUT2D eigenvalue weighted by Gasteiger charge is -2.37. The summed E-state index contributed by atoms with van der Waals surface area (Å²) in [5, 5.41) is 21.7. The summed E-state index contributed by atoms with van der Waals surface area (Å²) in [7, 11) is -1.39. The average molecular weight is 306 g/mol. The highest BCUT2D eigenvalue weighted by molar-refractivity contribution is 6.88. The van der Waals surface area contributed by atoms with Gasteiger partial charge in [0.1, 0.15) is 5.92 Å². The van der Waals surface area contributed by atoms with E-state index < -0.39 is 25.6 Å². The van der Waals surface area contributed by atoms with Crippen molar-refractivity contribution < 1.29 is 15.0 Å². The maximum Gasteiger partial charge on any atom is 0.313 e. The summed E-state index contributed by atoms with van der Waals surface area (Å²) in [4.78, 5) is 11.7. The van der Waals surface area contributed by atoms with E-state index in [0.29, 0.717) is 12.8 Å². The molecule has 21 heavy (non-hydrogen) atoms. The van der Waals surface area contributed by atoms with Crippen LogP contribution in [0.2, 0.25) is 19.6 Å². The van der Waals surface area contributed by atoms with Crippen LogP contribution in [-0.4, -0.2) is 29.9 Å². The van der Waals surface area contributed by atoms with Gasteiger partial charge in [-0.05, 0) is 18.4 Å². The van der Waals surface area contributed by atoms with E-state index in [1.807, 2.05) is 24.3 Å². The van der Waals surface area contributed by atoms with Crippen molar-refractivity contribution in [1.82, 2.24) is 0 Å². The van der Waals surface area contributed by atoms with Crippen molar-refractivity contribution >= 4 is 19.2 Å². The summed E-state index contributed by atoms with van der Waals surface area (Å²) in [5.41, 5.74) is -0.362. The number of aliphatic carboxylic acids is 1. The summed E-state index contributed by atoms with van der Waals surface area (Å²) in [6.07, 6.45) is 4.07. The molecular formula is C17H26O3Si. The molecule has 0 bridgehead atoms. The number of aliphatic hydroxyl groups is 1. The Bertz CT molecular complexity index is 496. The second-order valence-electron chi connectivity index (χ2n) is 7.31. The van der Waals surface area contributed by atoms with Crippen LogP contribution >= 0.6 is 0 Å². The van der Waals surface area contributed by atoms with Crippen LogP contribution in [-0.2, 0) is 4.79 Å². The predicted molar refractivity (Wildman–Crippen MR) is 87.8 cm³/mol. The molecule has 1 saturated carbocycles. The average Bonchev–Trinajstić information content (AvgIpc) is 2.38. The van der Waals surface area contributed by atoms with Crippen LogP contribution in [0.3, 0.4) is 0 Å². The summed E-state index contributed by atoms with van der Waals surface area (Å²) >= 11 is 0. The molecule has 0 spiro atoms. The SMILES string of the molecule is C[Si](C)(C)c1ccc([C@H](C(=O)O)C2(O)CCCCC2)cc1. The Kier molecular flexibility index (Phi) is 4.59. The second-order valence-corrected chi connectivity index (χ2v) is 12.4. The number of carboxylic acids is 1. The van der Waals surface area contributed by atoms with Gasteiger partial charge in [0.15, 0.2) is 0 Å². The second kappa shape index (κ2) is 5.93. The first-order chi connectivity index (χ1) is 9.74. The van der Waals surface area contributed by atoms with Gasteiger partial charge in [-0.3, -0.25) is 4.79 Å². The number of carbonyl (C=O) groups is 1. The Morgan fingerprint density at radius 2 is 1.62 bits per heavy atom. The highest BCUT2D eigenvalue weighted by Gasteiger charge is 2.43. The van der Waals surface area contributed by atoms with Crippen molar-refractivity contribution in [3.8, 4) is 0 Å². The van der Waals surface area contributed by atoms with Crippen molar-refractivity contribution in [1.29, 1.82) is 0 Å². The summed E-state index contributed by atoms with van der Waals surface area (Å²) in [5.74, 6) is -1.73. The van der Waals surface area contributed by atoms with E-state index in [-0.39, 0.29) is 0 Å². The number of benzene rings is 1. The number of rotatable bonds is 4. The molecular weight excluding hydrogens is 280 g/mol. The molecule has 0 heterocycles. The van der Waals surface area contributed by atoms with Gasteiger partial charge < -0.3 is 10.2 Å². The maximum absolute atomic E-state index is 11.7. The molecule has 116 valence electrons. The quantitative estimate of drug-likeness (QED) is 0.840. The highest BCUT2D eigenvalue weighted by Crippen LogP contribution is 2.40. The minimum atomic E-state index is -1.39. The zero-order chi connectivity index (χ0) is 15.7. The van der Waals surface area contributed by atoms with Crippen molar-refractivity contribution in [2.75, 3.05) is 0 Å². The van der Waals surface area contributed by atoms with E-state index in [1.165, 1.54) is 5.19 Å². The maximum atomic E-state index is 11.7. The molecule has 0 saturated heterocycles. The Balaban J connectivity index is 2.33. The molecule has 2 N–H and O–H groups in total. The third-order valence-electron chi connectivity index (χ3n) is 4.61. The van der Waals surface area contributed by atoms with Crippen LogP contribution in [0.5, 0.6) is 0 Å². The molecule has 1 aliphatic carbocycles. The summed E-state index contributed by atoms with van der Waals surface area (Å²) < 4.78 is 0. The first-order valence-corrected chi connectivity index (χ1v) is 11.3. The van der Waals surface area contributed by atoms with Crippen molar-refractivity contribution in [2.45, 2.75) is 63.3 Å². The van der Waals surface area contributed by atoms with E-state index >= 15 is 0 Å². The molecule has 1 aromatic carbocycles. The Labute approximate surface area is 128 Å². The van der Waals surface area contributed by atoms with Gasteiger partial charge in [0.2, 0.25) is 0 Å². The molecule has 4 heteroatoms. The number of hydrogen-bond acceptors (Lipinski definition) is 2. The minimum absolute atomic E-state index is 0.583. The molecule has 1 atom stereocenters. The van der Waals surface area contributed by atoms with Gasteiger partial charge in [0.05, 0.1) is 13.7 Å². The van der Waals surface area contributed by atoms with E-state index in [1.54, 1.807) is 0 Å². The molecule has 0 unspecified atom stereocenters. The first kappa shape index (κ1) is 16.2. The standard InChI is InChI=1S/C17H26O3Si/c1-21(2,3)14-9-7-13(8-10-14)15(16(18)19)17(20)11-5-4-6-12-17/h7-10,15,20H,4-6,11-12H2,1-3H3,(H,18,19)/t15-/m1/s1. The van der Waals surface area contributed by atoms with E-state index in [9.17, 15) is 15.0 Å². The van der Waals surface area contributed by atoms with Crippen LogP contribution < -0.4 is 5.19 Å². The lowest BCUT2D eigenvalue weighted by atomic mass is 9.73. The largest absolute Gasteiger partial charge is 0.481 e. The fourth-order valence-electron chi connectivity index (χ4n) is 3.31. The molecule has 1 aliphatic rings. The molecule has 0 aliphatic heterocycles. The van der Waals surface area contributed by atoms with Crippen molar-refractivity contribution in [3.63, 3.8) is 0 Å². The van der Waals surface area contributed by atoms with Gasteiger partial charge in [-0.25, -0.2) is 0 Å². The van der Waals surface area contributed by atoms with E-state index in [2.05, 4.69) is 19.6 Å². The van der Waals surface area contributed by atoms with Crippen LogP contribution in [0.15, 0.2) is 24.3 Å². The third-order valence-corrected chi connectivity index (χ3v) is 6.68. The molecule has 0 radical (unpaired) electrons. The van der Waals surface area contributed by atoms with E-state index in [4.69, 9.17) is 0 Å². The van der Waals surface area contributed by atoms with E-state index in [0.717, 1.165) is 24.8 Å². The lowest BCUT2D eigenvalue weighted by molar-refractivity contribution is -0.147. The van der Waals surface area contributed by atoms with Gasteiger partial charge in [0, 0.05) is 0 Å². The van der Waals surface area contributed by atoms with Crippen LogP contribution in [0.4, 0.5) is 0 Å². The highest BCUT2D eigenvalue weighted by atomic mass is 28.3. The molecule has 3 nitrogen and oxygen atoms in total. The molecule has 0 aromatic heterocycles. The fraction of sp³-hybridized carbons (Fsp3) is 0.588. The summed E-state index contributed by atoms with van der Waals surface area (Å²) in [6, 6.07) is 7.89. The zero-order valence-electron chi connectivity index (χ0n) is 13.2. The van der Waals surface area contributed by atoms with Crippen molar-refractivity contribution in [2.24, 2.45) is 0 Å². The summed E-state index contributed by atoms with van der Waals surface area (Å²) in [6.45, 7) is 6.81. The number of carboxylic acid groups (broad SMARTS) is 1. The van der Waals surface area contributed by atoms with Crippen LogP contribution in [0.1, 0.15) is 43.6 Å². The normalized spacial score (nSPS) is 20.0. The molecule has 2 rings (SSSR count). The van der Waals surface area contributed by atoms with Gasteiger partial charge in [-0.15, -0.1) is 0 Å². The fourth-order valence-corrected chi connectivity index (χ4v) is 4.48. The minimum Gasteiger partial charge on any atom is -0.481 e. The molecule has 0 amide bonds. The monoisotopic (exact) mass is 306 g/mol. The molecule has 1 aromatic rings. The Morgan fingerprint density at radius 3 is 2.05 bits per heavy atom. The Hall–Kier alpha value is -1.13. The van der Waals surface area contributed by atoms with Crippen LogP contribution in [0, 0.1) is 0 Å². The van der Waals surface area contributed by atoms with Gasteiger partial charge in [-0.1, -0.05) is 68.4 Å². The zero-order valence-corrected chi connectivity index (χ0v) is 14.2. The number of hydrogen-bond donors (Lipinski definition) is 2. The first-order valence-electron chi connectivity index (χ1n) is 7.80. The third kappa shape index (κ3) is 3.55. The van der Waals surface area contributed by atoms with Gasteiger partial charge >= 0.3 is 5.97 Å². The predicted octanol–water partition coefficient (Wildman–Crippen LogP) is 3.10.